The first kappa shape index (κ1) is 17.6. The van der Waals surface area contributed by atoms with Crippen molar-refractivity contribution in [3.63, 3.8) is 0 Å². The zero-order chi connectivity index (χ0) is 18.6. The smallest absolute Gasteiger partial charge is 0.415 e. The molecule has 2 aromatic carbocycles. The summed E-state index contributed by atoms with van der Waals surface area (Å²) in [7, 11) is 0. The number of thioether (sulfide) groups is 1. The minimum Gasteiger partial charge on any atom is -0.439 e. The minimum atomic E-state index is -0.149. The van der Waals surface area contributed by atoms with Crippen LogP contribution < -0.4 is 9.64 Å². The highest BCUT2D eigenvalue weighted by Crippen LogP contribution is 2.37. The van der Waals surface area contributed by atoms with E-state index >= 15 is 0 Å². The van der Waals surface area contributed by atoms with E-state index in [0.29, 0.717) is 17.7 Å². The summed E-state index contributed by atoms with van der Waals surface area (Å²) in [5.74, 6) is 0.236. The quantitative estimate of drug-likeness (QED) is 0.680. The maximum atomic E-state index is 12.8. The fourth-order valence-corrected chi connectivity index (χ4v) is 4.03. The van der Waals surface area contributed by atoms with E-state index in [9.17, 15) is 4.79 Å². The molecule has 4 rings (SSSR count). The summed E-state index contributed by atoms with van der Waals surface area (Å²) in [5.41, 5.74) is 1.73. The lowest BCUT2D eigenvalue weighted by Crippen LogP contribution is -2.36. The van der Waals surface area contributed by atoms with Crippen molar-refractivity contribution in [2.24, 2.45) is 0 Å². The molecule has 1 aromatic heterocycles. The summed E-state index contributed by atoms with van der Waals surface area (Å²) < 4.78 is 11.0. The van der Waals surface area contributed by atoms with Gasteiger partial charge in [0.05, 0.1) is 5.69 Å². The number of amides is 1. The van der Waals surface area contributed by atoms with Gasteiger partial charge < -0.3 is 14.1 Å². The van der Waals surface area contributed by atoms with Gasteiger partial charge in [0.1, 0.15) is 0 Å². The molecule has 1 aliphatic rings. The molecular formula is C20H19N3O3S. The number of hydrogen-bond acceptors (Lipinski definition) is 6. The summed E-state index contributed by atoms with van der Waals surface area (Å²) in [6.07, 6.45) is 0.914. The fourth-order valence-electron chi connectivity index (χ4n) is 2.91. The third-order valence-corrected chi connectivity index (χ3v) is 5.53. The number of ether oxygens (including phenoxy) is 1. The first-order valence-electron chi connectivity index (χ1n) is 8.78. The predicted octanol–water partition coefficient (Wildman–Crippen LogP) is 4.03. The Morgan fingerprint density at radius 2 is 1.96 bits per heavy atom. The zero-order valence-electron chi connectivity index (χ0n) is 14.9. The molecule has 27 heavy (non-hydrogen) atoms. The highest BCUT2D eigenvalue weighted by Gasteiger charge is 2.24. The number of fused-ring (bicyclic) bond motifs is 1. The Morgan fingerprint density at radius 1 is 1.19 bits per heavy atom. The normalized spacial score (nSPS) is 16.5. The van der Waals surface area contributed by atoms with Crippen LogP contribution in [-0.4, -0.2) is 34.5 Å². The average Bonchev–Trinajstić information content (AvgIpc) is 3.10. The van der Waals surface area contributed by atoms with Crippen LogP contribution in [-0.2, 0) is 4.79 Å². The molecule has 0 saturated heterocycles. The van der Waals surface area contributed by atoms with Crippen molar-refractivity contribution in [2.75, 3.05) is 18.1 Å². The Kier molecular flexibility index (Phi) is 5.11. The molecule has 1 amide bonds. The molecule has 2 heterocycles. The monoisotopic (exact) mass is 381 g/mol. The lowest BCUT2D eigenvalue weighted by molar-refractivity contribution is -0.121. The van der Waals surface area contributed by atoms with Crippen molar-refractivity contribution in [2.45, 2.75) is 23.5 Å². The molecule has 0 radical (unpaired) electrons. The van der Waals surface area contributed by atoms with Crippen LogP contribution in [0.3, 0.4) is 0 Å². The van der Waals surface area contributed by atoms with E-state index in [-0.39, 0.29) is 18.6 Å². The summed E-state index contributed by atoms with van der Waals surface area (Å²) in [6, 6.07) is 17.4. The van der Waals surface area contributed by atoms with E-state index in [4.69, 9.17) is 9.15 Å². The van der Waals surface area contributed by atoms with Crippen LogP contribution in [0.4, 0.5) is 5.69 Å². The van der Waals surface area contributed by atoms with Crippen LogP contribution in [0.2, 0.25) is 0 Å². The number of rotatable bonds is 4. The average molecular weight is 381 g/mol. The lowest BCUT2D eigenvalue weighted by atomic mass is 10.2. The Morgan fingerprint density at radius 3 is 2.81 bits per heavy atom. The molecule has 3 aromatic rings. The van der Waals surface area contributed by atoms with Crippen molar-refractivity contribution < 1.29 is 13.9 Å². The van der Waals surface area contributed by atoms with E-state index in [1.54, 1.807) is 16.7 Å². The third kappa shape index (κ3) is 3.98. The number of nitrogens with zero attached hydrogens (tertiary/aromatic N) is 3. The number of anilines is 1. The number of hydrogen-bond donors (Lipinski definition) is 0. The molecular weight excluding hydrogens is 362 g/mol. The second-order valence-corrected chi connectivity index (χ2v) is 7.74. The molecule has 1 aliphatic heterocycles. The van der Waals surface area contributed by atoms with Gasteiger partial charge in [-0.25, -0.2) is 0 Å². The Bertz CT molecular complexity index is 929. The molecule has 138 valence electrons. The largest absolute Gasteiger partial charge is 0.439 e. The van der Waals surface area contributed by atoms with E-state index in [0.717, 1.165) is 22.6 Å². The molecule has 0 bridgehead atoms. The van der Waals surface area contributed by atoms with Crippen molar-refractivity contribution in [1.29, 1.82) is 0 Å². The van der Waals surface area contributed by atoms with Crippen LogP contribution in [0.25, 0.3) is 11.5 Å². The van der Waals surface area contributed by atoms with Gasteiger partial charge in [0.2, 0.25) is 0 Å². The summed E-state index contributed by atoms with van der Waals surface area (Å²) in [6.45, 7) is 2.69. The van der Waals surface area contributed by atoms with Gasteiger partial charge in [0.15, 0.2) is 6.61 Å². The SMILES string of the molecule is C[C@H]1CCN(C(=O)COc2nnc(-c3ccccc3)o2)c2ccccc2S1. The maximum Gasteiger partial charge on any atom is 0.415 e. The molecule has 6 nitrogen and oxygen atoms in total. The molecule has 1 atom stereocenters. The van der Waals surface area contributed by atoms with Gasteiger partial charge in [-0.05, 0) is 30.7 Å². The Balaban J connectivity index is 1.45. The fraction of sp³-hybridized carbons (Fsp3) is 0.250. The highest BCUT2D eigenvalue weighted by atomic mass is 32.2. The number of para-hydroxylation sites is 1. The molecule has 7 heteroatoms. The lowest BCUT2D eigenvalue weighted by Gasteiger charge is -2.22. The van der Waals surface area contributed by atoms with Gasteiger partial charge in [-0.1, -0.05) is 42.4 Å². The first-order valence-corrected chi connectivity index (χ1v) is 9.66. The van der Waals surface area contributed by atoms with Gasteiger partial charge in [0, 0.05) is 22.3 Å². The molecule has 0 N–H and O–H groups in total. The number of carbonyl (C=O) groups excluding carboxylic acids is 1. The Labute approximate surface area is 161 Å². The topological polar surface area (TPSA) is 68.5 Å². The van der Waals surface area contributed by atoms with E-state index in [1.807, 2.05) is 54.6 Å². The number of carbonyl (C=O) groups is 1. The van der Waals surface area contributed by atoms with Crippen molar-refractivity contribution >= 4 is 23.4 Å². The predicted molar refractivity (Wildman–Crippen MR) is 104 cm³/mol. The van der Waals surface area contributed by atoms with Crippen molar-refractivity contribution in [3.8, 4) is 17.5 Å². The maximum absolute atomic E-state index is 12.8. The summed E-state index contributed by atoms with van der Waals surface area (Å²) in [5, 5.41) is 8.29. The van der Waals surface area contributed by atoms with Gasteiger partial charge in [-0.2, -0.15) is 0 Å². The number of benzene rings is 2. The molecule has 0 fully saturated rings. The van der Waals surface area contributed by atoms with Gasteiger partial charge in [-0.15, -0.1) is 16.9 Å². The standard InChI is InChI=1S/C20H19N3O3S/c1-14-11-12-23(16-9-5-6-10-17(16)27-14)18(24)13-25-20-22-21-19(26-20)15-7-3-2-4-8-15/h2-10,14H,11-13H2,1H3/t14-/m0/s1. The van der Waals surface area contributed by atoms with Crippen LogP contribution in [0.1, 0.15) is 13.3 Å². The van der Waals surface area contributed by atoms with Crippen LogP contribution >= 0.6 is 11.8 Å². The summed E-state index contributed by atoms with van der Waals surface area (Å²) in [4.78, 5) is 15.7. The van der Waals surface area contributed by atoms with Crippen LogP contribution in [0.5, 0.6) is 6.08 Å². The van der Waals surface area contributed by atoms with Crippen molar-refractivity contribution in [3.05, 3.63) is 54.6 Å². The van der Waals surface area contributed by atoms with E-state index in [1.165, 1.54) is 0 Å². The highest BCUT2D eigenvalue weighted by molar-refractivity contribution is 8.00. The Hall–Kier alpha value is -2.80. The third-order valence-electron chi connectivity index (χ3n) is 4.29. The molecule has 0 saturated carbocycles. The first-order chi connectivity index (χ1) is 13.2. The zero-order valence-corrected chi connectivity index (χ0v) is 15.7. The van der Waals surface area contributed by atoms with E-state index < -0.39 is 0 Å². The molecule has 0 unspecified atom stereocenters. The summed E-state index contributed by atoms with van der Waals surface area (Å²) >= 11 is 1.79. The minimum absolute atomic E-state index is 0.00643. The molecule has 0 aliphatic carbocycles. The van der Waals surface area contributed by atoms with Crippen molar-refractivity contribution in [1.82, 2.24) is 10.2 Å². The van der Waals surface area contributed by atoms with Crippen LogP contribution in [0, 0.1) is 0 Å². The van der Waals surface area contributed by atoms with Gasteiger partial charge in [-0.3, -0.25) is 4.79 Å². The van der Waals surface area contributed by atoms with Gasteiger partial charge >= 0.3 is 6.08 Å². The second kappa shape index (κ2) is 7.84. The van der Waals surface area contributed by atoms with Crippen LogP contribution in [0.15, 0.2) is 63.9 Å². The molecule has 0 spiro atoms. The second-order valence-electron chi connectivity index (χ2n) is 6.26. The number of aromatic nitrogens is 2. The van der Waals surface area contributed by atoms with Gasteiger partial charge in [0.25, 0.3) is 11.8 Å². The van der Waals surface area contributed by atoms with E-state index in [2.05, 4.69) is 17.1 Å².